The molecule has 39 heavy (non-hydrogen) atoms. The fourth-order valence-corrected chi connectivity index (χ4v) is 4.78. The van der Waals surface area contributed by atoms with Crippen molar-refractivity contribution in [1.29, 1.82) is 0 Å². The maximum atomic E-state index is 13.1. The number of ether oxygens (including phenoxy) is 1. The minimum atomic E-state index is -0.874. The van der Waals surface area contributed by atoms with Crippen LogP contribution in [-0.2, 0) is 15.1 Å². The Kier molecular flexibility index (Phi) is 9.27. The van der Waals surface area contributed by atoms with Crippen molar-refractivity contribution in [1.82, 2.24) is 14.9 Å². The molecule has 3 aromatic rings. The number of amides is 2. The van der Waals surface area contributed by atoms with Crippen molar-refractivity contribution >= 4 is 40.1 Å². The molecule has 1 aliphatic rings. The maximum absolute atomic E-state index is 13.1. The van der Waals surface area contributed by atoms with Gasteiger partial charge in [0.2, 0.25) is 0 Å². The van der Waals surface area contributed by atoms with Gasteiger partial charge in [0.1, 0.15) is 6.04 Å². The molecule has 1 aliphatic heterocycles. The van der Waals surface area contributed by atoms with Gasteiger partial charge in [-0.3, -0.25) is 14.6 Å². The first kappa shape index (κ1) is 28.2. The summed E-state index contributed by atoms with van der Waals surface area (Å²) in [6.45, 7) is 6.19. The van der Waals surface area contributed by atoms with E-state index in [1.807, 2.05) is 46.8 Å². The first-order valence-corrected chi connectivity index (χ1v) is 13.9. The highest BCUT2D eigenvalue weighted by molar-refractivity contribution is 7.14. The molecule has 0 bridgehead atoms. The minimum Gasteiger partial charge on any atom is -0.382 e. The van der Waals surface area contributed by atoms with Crippen LogP contribution in [0.25, 0.3) is 16.8 Å². The van der Waals surface area contributed by atoms with Gasteiger partial charge in [-0.2, -0.15) is 0 Å². The number of thiazole rings is 1. The summed E-state index contributed by atoms with van der Waals surface area (Å²) >= 11 is 1.33. The van der Waals surface area contributed by atoms with Gasteiger partial charge in [-0.05, 0) is 69.4 Å². The molecule has 0 aliphatic carbocycles. The van der Waals surface area contributed by atoms with Gasteiger partial charge < -0.3 is 19.9 Å². The van der Waals surface area contributed by atoms with E-state index in [0.29, 0.717) is 10.7 Å². The van der Waals surface area contributed by atoms with Gasteiger partial charge in [0.15, 0.2) is 5.13 Å². The fourth-order valence-electron chi connectivity index (χ4n) is 4.06. The van der Waals surface area contributed by atoms with Crippen molar-refractivity contribution in [3.63, 3.8) is 0 Å². The summed E-state index contributed by atoms with van der Waals surface area (Å²) in [7, 11) is 1.49. The normalized spacial score (nSPS) is 16.8. The first-order chi connectivity index (χ1) is 18.7. The Morgan fingerprint density at radius 1 is 1.18 bits per heavy atom. The van der Waals surface area contributed by atoms with Crippen LogP contribution in [0.5, 0.6) is 0 Å². The third-order valence-electron chi connectivity index (χ3n) is 6.26. The minimum absolute atomic E-state index is 0.0322. The number of hydrogen-bond acceptors (Lipinski definition) is 6. The number of methoxy groups -OCH3 is 1. The molecule has 0 saturated heterocycles. The number of aliphatic imine (C=N–C) groups is 1. The van der Waals surface area contributed by atoms with Gasteiger partial charge in [0, 0.05) is 48.4 Å². The quantitative estimate of drug-likeness (QED) is 0.368. The number of anilines is 1. The van der Waals surface area contributed by atoms with Gasteiger partial charge in [0.05, 0.1) is 17.9 Å². The molecule has 8 nitrogen and oxygen atoms in total. The highest BCUT2D eigenvalue weighted by Crippen LogP contribution is 2.28. The van der Waals surface area contributed by atoms with E-state index < -0.39 is 11.9 Å². The van der Waals surface area contributed by atoms with Crippen molar-refractivity contribution in [2.24, 2.45) is 4.99 Å². The Morgan fingerprint density at radius 2 is 2.00 bits per heavy atom. The number of carbonyl (C=O) groups excluding carboxylic acids is 2. The molecule has 2 N–H and O–H groups in total. The maximum Gasteiger partial charge on any atom is 0.253 e. The number of carbonyl (C=O) groups is 2. The largest absolute Gasteiger partial charge is 0.382 e. The van der Waals surface area contributed by atoms with Crippen LogP contribution in [0.4, 0.5) is 5.13 Å². The standard InChI is InChI=1S/C30H35N5O3S/c1-30(2,3)35-16-13-24(18-35)27(36)32-25(19-38-4)28(37)34-29-33-26(20-39-29)23-11-8-10-22(17-23)21-9-6-5-7-14-31-15-12-21/h8-18,20,25H,5-7,19H2,1-4H3,(H,32,36)(H,33,34,37)/b15-12-,21-9+,31-14?/t25-/m0/s1. The van der Waals surface area contributed by atoms with Crippen molar-refractivity contribution in [2.75, 3.05) is 19.0 Å². The molecule has 1 aromatic carbocycles. The van der Waals surface area contributed by atoms with Gasteiger partial charge in [-0.25, -0.2) is 4.98 Å². The van der Waals surface area contributed by atoms with Gasteiger partial charge >= 0.3 is 0 Å². The third kappa shape index (κ3) is 7.61. The molecule has 2 aromatic heterocycles. The lowest BCUT2D eigenvalue weighted by atomic mass is 10.0. The Hall–Kier alpha value is -3.82. The number of nitrogens with zero attached hydrogens (tertiary/aromatic N) is 3. The van der Waals surface area contributed by atoms with E-state index in [0.717, 1.165) is 41.7 Å². The monoisotopic (exact) mass is 545 g/mol. The molecule has 0 unspecified atom stereocenters. The zero-order chi connectivity index (χ0) is 27.8. The number of hydrogen-bond donors (Lipinski definition) is 2. The lowest BCUT2D eigenvalue weighted by Crippen LogP contribution is -2.46. The Labute approximate surface area is 233 Å². The smallest absolute Gasteiger partial charge is 0.253 e. The predicted molar refractivity (Wildman–Crippen MR) is 158 cm³/mol. The zero-order valence-electron chi connectivity index (χ0n) is 22.8. The number of rotatable bonds is 8. The van der Waals surface area contributed by atoms with Crippen LogP contribution < -0.4 is 10.6 Å². The summed E-state index contributed by atoms with van der Waals surface area (Å²) in [4.78, 5) is 34.9. The average Bonchev–Trinajstić information content (AvgIpc) is 3.60. The van der Waals surface area contributed by atoms with Crippen LogP contribution >= 0.6 is 11.3 Å². The molecule has 0 saturated carbocycles. The molecule has 2 amide bonds. The second-order valence-corrected chi connectivity index (χ2v) is 11.2. The SMILES string of the molecule is COC[C@H](NC(=O)c1ccn(C(C)(C)C)c1)C(=O)Nc1nc(-c2cccc(C3=C/CCCC=N/C=C\3)c2)cs1. The number of nitrogens with one attached hydrogen (secondary N) is 2. The van der Waals surface area contributed by atoms with E-state index in [1.54, 1.807) is 12.3 Å². The zero-order valence-corrected chi connectivity index (χ0v) is 23.6. The number of aromatic nitrogens is 2. The Bertz CT molecular complexity index is 1390. The van der Waals surface area contributed by atoms with E-state index in [2.05, 4.69) is 59.6 Å². The Balaban J connectivity index is 1.44. The lowest BCUT2D eigenvalue weighted by molar-refractivity contribution is -0.119. The third-order valence-corrected chi connectivity index (χ3v) is 7.02. The molecule has 0 fully saturated rings. The van der Waals surface area contributed by atoms with Gasteiger partial charge in [-0.1, -0.05) is 24.3 Å². The number of allylic oxidation sites excluding steroid dienone is 3. The summed E-state index contributed by atoms with van der Waals surface area (Å²) in [5, 5.41) is 7.97. The van der Waals surface area contributed by atoms with E-state index in [-0.39, 0.29) is 18.1 Å². The van der Waals surface area contributed by atoms with Crippen LogP contribution in [0.2, 0.25) is 0 Å². The average molecular weight is 546 g/mol. The van der Waals surface area contributed by atoms with Crippen molar-refractivity contribution < 1.29 is 14.3 Å². The van der Waals surface area contributed by atoms with Gasteiger partial charge in [-0.15, -0.1) is 11.3 Å². The summed E-state index contributed by atoms with van der Waals surface area (Å²) in [6, 6.07) is 9.03. The summed E-state index contributed by atoms with van der Waals surface area (Å²) in [6.07, 6.45) is 14.7. The molecule has 1 atom stereocenters. The molecule has 204 valence electrons. The van der Waals surface area contributed by atoms with Crippen LogP contribution in [0.3, 0.4) is 0 Å². The van der Waals surface area contributed by atoms with Crippen LogP contribution in [0.15, 0.2) is 71.4 Å². The molecule has 4 rings (SSSR count). The summed E-state index contributed by atoms with van der Waals surface area (Å²) < 4.78 is 7.17. The van der Waals surface area contributed by atoms with Crippen molar-refractivity contribution in [2.45, 2.75) is 51.6 Å². The molecule has 3 heterocycles. The van der Waals surface area contributed by atoms with E-state index >= 15 is 0 Å². The van der Waals surface area contributed by atoms with Crippen LogP contribution in [0, 0.1) is 0 Å². The van der Waals surface area contributed by atoms with Crippen molar-refractivity contribution in [3.05, 3.63) is 77.6 Å². The molecule has 0 spiro atoms. The van der Waals surface area contributed by atoms with Crippen LogP contribution in [-0.4, -0.2) is 47.3 Å². The molecular formula is C30H35N5O3S. The summed E-state index contributed by atoms with van der Waals surface area (Å²) in [5.74, 6) is -0.734. The molecular weight excluding hydrogens is 510 g/mol. The Morgan fingerprint density at radius 3 is 2.77 bits per heavy atom. The van der Waals surface area contributed by atoms with Crippen molar-refractivity contribution in [3.8, 4) is 11.3 Å². The lowest BCUT2D eigenvalue weighted by Gasteiger charge is -2.21. The number of benzene rings is 1. The second-order valence-electron chi connectivity index (χ2n) is 10.3. The highest BCUT2D eigenvalue weighted by atomic mass is 32.1. The van der Waals surface area contributed by atoms with Crippen LogP contribution in [0.1, 0.15) is 56.0 Å². The molecule has 9 heteroatoms. The van der Waals surface area contributed by atoms with E-state index in [1.165, 1.54) is 18.4 Å². The highest BCUT2D eigenvalue weighted by Gasteiger charge is 2.24. The van der Waals surface area contributed by atoms with E-state index in [9.17, 15) is 9.59 Å². The topological polar surface area (TPSA) is 97.6 Å². The predicted octanol–water partition coefficient (Wildman–Crippen LogP) is 5.90. The van der Waals surface area contributed by atoms with E-state index in [4.69, 9.17) is 4.74 Å². The van der Waals surface area contributed by atoms with Gasteiger partial charge in [0.25, 0.3) is 11.8 Å². The molecule has 0 radical (unpaired) electrons. The first-order valence-electron chi connectivity index (χ1n) is 13.0. The fraction of sp³-hybridized carbons (Fsp3) is 0.333. The summed E-state index contributed by atoms with van der Waals surface area (Å²) in [5.41, 5.74) is 4.25. The second kappa shape index (κ2) is 12.8.